The van der Waals surface area contributed by atoms with E-state index in [1.54, 1.807) is 23.4 Å². The molecule has 1 fully saturated rings. The first-order valence-corrected chi connectivity index (χ1v) is 11.2. The van der Waals surface area contributed by atoms with E-state index in [1.807, 2.05) is 0 Å². The van der Waals surface area contributed by atoms with Gasteiger partial charge in [-0.25, -0.2) is 22.3 Å². The van der Waals surface area contributed by atoms with Gasteiger partial charge in [-0.05, 0) is 24.3 Å². The van der Waals surface area contributed by atoms with Crippen molar-refractivity contribution in [3.8, 4) is 0 Å². The largest absolute Gasteiger partial charge is 0.339 e. The van der Waals surface area contributed by atoms with Crippen molar-refractivity contribution in [1.82, 2.24) is 28.8 Å². The standard InChI is InChI=1S/C17H17FN6O3S2/c18-13-3-1-4-14(11-13)29(26,27)23-9-7-22(8-10-23)15(25)12-28-17-20-16-19-5-2-6-24(16)21-17/h1-6,11H,7-10,12H2. The molecule has 9 nitrogen and oxygen atoms in total. The summed E-state index contributed by atoms with van der Waals surface area (Å²) in [5.74, 6) is -0.121. The second kappa shape index (κ2) is 8.05. The van der Waals surface area contributed by atoms with Crippen molar-refractivity contribution >= 4 is 33.5 Å². The fourth-order valence-corrected chi connectivity index (χ4v) is 5.13. The van der Waals surface area contributed by atoms with E-state index < -0.39 is 15.8 Å². The molecule has 0 aliphatic carbocycles. The van der Waals surface area contributed by atoms with E-state index in [9.17, 15) is 17.6 Å². The van der Waals surface area contributed by atoms with Crippen LogP contribution in [-0.2, 0) is 14.8 Å². The van der Waals surface area contributed by atoms with Crippen LogP contribution in [0.3, 0.4) is 0 Å². The maximum Gasteiger partial charge on any atom is 0.253 e. The molecule has 0 spiro atoms. The van der Waals surface area contributed by atoms with Crippen LogP contribution in [0.2, 0.25) is 0 Å². The lowest BCUT2D eigenvalue weighted by Gasteiger charge is -2.34. The summed E-state index contributed by atoms with van der Waals surface area (Å²) in [6.45, 7) is 0.861. The second-order valence-electron chi connectivity index (χ2n) is 6.29. The van der Waals surface area contributed by atoms with Gasteiger partial charge in [0.2, 0.25) is 21.1 Å². The van der Waals surface area contributed by atoms with Gasteiger partial charge in [-0.1, -0.05) is 17.8 Å². The molecule has 0 N–H and O–H groups in total. The Balaban J connectivity index is 1.33. The van der Waals surface area contributed by atoms with Crippen LogP contribution in [-0.4, -0.2) is 75.0 Å². The lowest BCUT2D eigenvalue weighted by Crippen LogP contribution is -2.51. The molecule has 0 bridgehead atoms. The predicted octanol–water partition coefficient (Wildman–Crippen LogP) is 0.889. The highest BCUT2D eigenvalue weighted by Crippen LogP contribution is 2.20. The molecular formula is C17H17FN6O3S2. The Morgan fingerprint density at radius 2 is 1.97 bits per heavy atom. The molecule has 152 valence electrons. The minimum absolute atomic E-state index is 0.0839. The summed E-state index contributed by atoms with van der Waals surface area (Å²) in [6.07, 6.45) is 3.33. The normalized spacial score (nSPS) is 15.7. The summed E-state index contributed by atoms with van der Waals surface area (Å²) in [5, 5.41) is 4.68. The molecule has 1 amide bonds. The van der Waals surface area contributed by atoms with Crippen molar-refractivity contribution in [2.75, 3.05) is 31.9 Å². The zero-order valence-electron chi connectivity index (χ0n) is 15.2. The van der Waals surface area contributed by atoms with Crippen molar-refractivity contribution in [1.29, 1.82) is 0 Å². The third-order valence-electron chi connectivity index (χ3n) is 4.45. The summed E-state index contributed by atoms with van der Waals surface area (Å²) < 4.78 is 41.5. The van der Waals surface area contributed by atoms with Crippen LogP contribution >= 0.6 is 11.8 Å². The Bertz CT molecular complexity index is 1110. The lowest BCUT2D eigenvalue weighted by atomic mass is 10.3. The van der Waals surface area contributed by atoms with Crippen molar-refractivity contribution in [2.24, 2.45) is 0 Å². The van der Waals surface area contributed by atoms with E-state index in [1.165, 1.54) is 38.8 Å². The number of sulfonamides is 1. The number of rotatable bonds is 5. The van der Waals surface area contributed by atoms with Crippen LogP contribution in [0.1, 0.15) is 0 Å². The van der Waals surface area contributed by atoms with Gasteiger partial charge in [0.25, 0.3) is 5.78 Å². The molecule has 4 rings (SSSR count). The molecule has 0 unspecified atom stereocenters. The van der Waals surface area contributed by atoms with E-state index in [2.05, 4.69) is 15.1 Å². The molecular weight excluding hydrogens is 419 g/mol. The maximum absolute atomic E-state index is 13.4. The summed E-state index contributed by atoms with van der Waals surface area (Å²) in [7, 11) is -3.78. The first-order valence-electron chi connectivity index (χ1n) is 8.77. The smallest absolute Gasteiger partial charge is 0.253 e. The van der Waals surface area contributed by atoms with Gasteiger partial charge in [0.15, 0.2) is 0 Å². The van der Waals surface area contributed by atoms with Gasteiger partial charge in [-0.15, -0.1) is 5.10 Å². The van der Waals surface area contributed by atoms with Gasteiger partial charge in [0.05, 0.1) is 10.6 Å². The number of hydrogen-bond acceptors (Lipinski definition) is 7. The number of carbonyl (C=O) groups excluding carboxylic acids is 1. The fourth-order valence-electron chi connectivity index (χ4n) is 2.95. The average Bonchev–Trinajstić information content (AvgIpc) is 3.15. The van der Waals surface area contributed by atoms with Gasteiger partial charge >= 0.3 is 0 Å². The monoisotopic (exact) mass is 436 g/mol. The van der Waals surface area contributed by atoms with Crippen molar-refractivity contribution in [3.63, 3.8) is 0 Å². The average molecular weight is 436 g/mol. The van der Waals surface area contributed by atoms with E-state index in [4.69, 9.17) is 0 Å². The Labute approximate surface area is 170 Å². The van der Waals surface area contributed by atoms with Crippen LogP contribution in [0.25, 0.3) is 5.78 Å². The maximum atomic E-state index is 13.4. The molecule has 29 heavy (non-hydrogen) atoms. The first kappa shape index (κ1) is 19.7. The highest BCUT2D eigenvalue weighted by Gasteiger charge is 2.30. The second-order valence-corrected chi connectivity index (χ2v) is 9.17. The van der Waals surface area contributed by atoms with Crippen LogP contribution in [0, 0.1) is 5.82 Å². The molecule has 0 atom stereocenters. The lowest BCUT2D eigenvalue weighted by molar-refractivity contribution is -0.129. The molecule has 1 saturated heterocycles. The Hall–Kier alpha value is -2.57. The quantitative estimate of drug-likeness (QED) is 0.548. The van der Waals surface area contributed by atoms with E-state index in [-0.39, 0.29) is 42.7 Å². The van der Waals surface area contributed by atoms with Crippen LogP contribution < -0.4 is 0 Å². The van der Waals surface area contributed by atoms with Crippen LogP contribution in [0.5, 0.6) is 0 Å². The topological polar surface area (TPSA) is 101 Å². The zero-order valence-corrected chi connectivity index (χ0v) is 16.8. The van der Waals surface area contributed by atoms with Gasteiger partial charge in [0, 0.05) is 38.6 Å². The molecule has 3 aromatic rings. The minimum Gasteiger partial charge on any atom is -0.339 e. The highest BCUT2D eigenvalue weighted by atomic mass is 32.2. The van der Waals surface area contributed by atoms with Gasteiger partial charge in [-0.2, -0.15) is 9.29 Å². The number of thioether (sulfide) groups is 1. The highest BCUT2D eigenvalue weighted by molar-refractivity contribution is 7.99. The van der Waals surface area contributed by atoms with Crippen molar-refractivity contribution in [3.05, 3.63) is 48.5 Å². The molecule has 1 aliphatic heterocycles. The van der Waals surface area contributed by atoms with E-state index >= 15 is 0 Å². The third-order valence-corrected chi connectivity index (χ3v) is 7.16. The fraction of sp³-hybridized carbons (Fsp3) is 0.294. The zero-order chi connectivity index (χ0) is 20.4. The molecule has 3 heterocycles. The Kier molecular flexibility index (Phi) is 5.48. The number of amides is 1. The number of nitrogens with zero attached hydrogens (tertiary/aromatic N) is 6. The molecule has 1 aromatic carbocycles. The van der Waals surface area contributed by atoms with Gasteiger partial charge in [-0.3, -0.25) is 4.79 Å². The molecule has 0 saturated carbocycles. The summed E-state index contributed by atoms with van der Waals surface area (Å²) in [4.78, 5) is 22.3. The number of aromatic nitrogens is 4. The molecule has 1 aliphatic rings. The predicted molar refractivity (Wildman–Crippen MR) is 103 cm³/mol. The summed E-state index contributed by atoms with van der Waals surface area (Å²) >= 11 is 1.20. The van der Waals surface area contributed by atoms with E-state index in [0.29, 0.717) is 10.9 Å². The van der Waals surface area contributed by atoms with Crippen molar-refractivity contribution < 1.29 is 17.6 Å². The van der Waals surface area contributed by atoms with Crippen molar-refractivity contribution in [2.45, 2.75) is 10.1 Å². The third kappa shape index (κ3) is 4.23. The van der Waals surface area contributed by atoms with E-state index in [0.717, 1.165) is 6.07 Å². The number of piperazine rings is 1. The number of carbonyl (C=O) groups is 1. The first-order chi connectivity index (χ1) is 13.9. The molecule has 12 heteroatoms. The number of hydrogen-bond donors (Lipinski definition) is 0. The van der Waals surface area contributed by atoms with Crippen LogP contribution in [0.4, 0.5) is 4.39 Å². The SMILES string of the molecule is O=C(CSc1nc2ncccn2n1)N1CCN(S(=O)(=O)c2cccc(F)c2)CC1. The summed E-state index contributed by atoms with van der Waals surface area (Å²) in [5.41, 5.74) is 0. The van der Waals surface area contributed by atoms with Gasteiger partial charge < -0.3 is 4.90 Å². The Morgan fingerprint density at radius 3 is 2.69 bits per heavy atom. The summed E-state index contributed by atoms with van der Waals surface area (Å²) in [6, 6.07) is 6.66. The van der Waals surface area contributed by atoms with Gasteiger partial charge in [0.1, 0.15) is 5.82 Å². The number of fused-ring (bicyclic) bond motifs is 1. The number of halogens is 1. The van der Waals surface area contributed by atoms with Crippen LogP contribution in [0.15, 0.2) is 52.8 Å². The number of benzene rings is 1. The Morgan fingerprint density at radius 1 is 1.17 bits per heavy atom. The molecule has 2 aromatic heterocycles. The molecule has 0 radical (unpaired) electrons. The minimum atomic E-state index is -3.78.